The van der Waals surface area contributed by atoms with Gasteiger partial charge in [-0.05, 0) is 44.9 Å². The Balaban J connectivity index is 2.06. The predicted octanol–water partition coefficient (Wildman–Crippen LogP) is 3.44. The summed E-state index contributed by atoms with van der Waals surface area (Å²) in [5.41, 5.74) is 1.19. The molecule has 0 spiro atoms. The first-order chi connectivity index (χ1) is 8.86. The molecule has 0 saturated heterocycles. The normalized spacial score (nSPS) is 10.8. The molecular formula is C14H24NO2Si. The lowest BCUT2D eigenvalue weighted by Gasteiger charge is -2.13. The van der Waals surface area contributed by atoms with E-state index in [2.05, 4.69) is 17.4 Å². The van der Waals surface area contributed by atoms with Crippen molar-refractivity contribution >= 4 is 15.0 Å². The molecule has 0 atom stereocenters. The minimum absolute atomic E-state index is 0.760. The molecule has 3 nitrogen and oxygen atoms in total. The largest absolute Gasteiger partial charge is 0.394 e. The highest BCUT2D eigenvalue weighted by Gasteiger charge is 2.13. The fourth-order valence-electron chi connectivity index (χ4n) is 1.69. The van der Waals surface area contributed by atoms with Crippen molar-refractivity contribution in [2.45, 2.75) is 32.7 Å². The number of anilines is 1. The van der Waals surface area contributed by atoms with E-state index in [1.165, 1.54) is 5.69 Å². The van der Waals surface area contributed by atoms with Crippen LogP contribution in [0.1, 0.15) is 26.7 Å². The third kappa shape index (κ3) is 6.79. The first-order valence-electron chi connectivity index (χ1n) is 6.77. The van der Waals surface area contributed by atoms with E-state index in [1.807, 2.05) is 32.0 Å². The van der Waals surface area contributed by atoms with Gasteiger partial charge in [0.25, 0.3) is 0 Å². The Kier molecular flexibility index (Phi) is 8.55. The summed E-state index contributed by atoms with van der Waals surface area (Å²) in [7, 11) is -1.02. The van der Waals surface area contributed by atoms with Gasteiger partial charge < -0.3 is 14.2 Å². The summed E-state index contributed by atoms with van der Waals surface area (Å²) in [5, 5.41) is 3.41. The molecule has 101 valence electrons. The number of hydrogen-bond acceptors (Lipinski definition) is 3. The molecule has 1 aromatic carbocycles. The minimum Gasteiger partial charge on any atom is -0.394 e. The summed E-state index contributed by atoms with van der Waals surface area (Å²) in [4.78, 5) is 0. The smallest absolute Gasteiger partial charge is 0.384 e. The Morgan fingerprint density at radius 3 is 2.28 bits per heavy atom. The van der Waals surface area contributed by atoms with Crippen LogP contribution in [0.25, 0.3) is 0 Å². The Morgan fingerprint density at radius 1 is 1.00 bits per heavy atom. The molecule has 0 aliphatic carbocycles. The van der Waals surface area contributed by atoms with Gasteiger partial charge in [-0.1, -0.05) is 18.2 Å². The molecule has 0 bridgehead atoms. The van der Waals surface area contributed by atoms with Gasteiger partial charge in [-0.15, -0.1) is 0 Å². The van der Waals surface area contributed by atoms with Gasteiger partial charge in [0.2, 0.25) is 0 Å². The van der Waals surface area contributed by atoms with Crippen molar-refractivity contribution in [3.63, 3.8) is 0 Å². The molecule has 1 radical (unpaired) electrons. The second kappa shape index (κ2) is 10.1. The van der Waals surface area contributed by atoms with Crippen LogP contribution in [-0.2, 0) is 8.85 Å². The quantitative estimate of drug-likeness (QED) is 0.520. The average molecular weight is 266 g/mol. The van der Waals surface area contributed by atoms with Crippen LogP contribution >= 0.6 is 0 Å². The van der Waals surface area contributed by atoms with Gasteiger partial charge in [-0.25, -0.2) is 0 Å². The van der Waals surface area contributed by atoms with Crippen molar-refractivity contribution in [3.8, 4) is 0 Å². The van der Waals surface area contributed by atoms with E-state index < -0.39 is 9.28 Å². The van der Waals surface area contributed by atoms with Gasteiger partial charge in [-0.2, -0.15) is 0 Å². The maximum Gasteiger partial charge on any atom is 0.384 e. The molecule has 4 heteroatoms. The second-order valence-corrected chi connectivity index (χ2v) is 5.81. The Morgan fingerprint density at radius 2 is 1.67 bits per heavy atom. The van der Waals surface area contributed by atoms with E-state index >= 15 is 0 Å². The molecule has 0 unspecified atom stereocenters. The lowest BCUT2D eigenvalue weighted by molar-refractivity contribution is 0.212. The fourth-order valence-corrected chi connectivity index (χ4v) is 3.25. The van der Waals surface area contributed by atoms with Crippen LogP contribution in [0.2, 0.25) is 6.04 Å². The van der Waals surface area contributed by atoms with Crippen LogP contribution in [0.3, 0.4) is 0 Å². The van der Waals surface area contributed by atoms with Crippen LogP contribution in [0.15, 0.2) is 30.3 Å². The standard InChI is InChI=1S/C14H24NO2Si/c1-3-16-18(17-4-2)13-9-8-12-15-14-10-6-5-7-11-14/h5-7,10-11,15H,3-4,8-9,12-13H2,1-2H3. The van der Waals surface area contributed by atoms with E-state index in [4.69, 9.17) is 8.85 Å². The zero-order valence-electron chi connectivity index (χ0n) is 11.4. The SMILES string of the molecule is CCO[Si](CCCCNc1ccccc1)OCC. The highest BCUT2D eigenvalue weighted by molar-refractivity contribution is 6.44. The molecule has 0 aliphatic heterocycles. The van der Waals surface area contributed by atoms with Crippen molar-refractivity contribution in [2.75, 3.05) is 25.1 Å². The number of benzene rings is 1. The molecular weight excluding hydrogens is 242 g/mol. The molecule has 0 amide bonds. The van der Waals surface area contributed by atoms with Crippen LogP contribution in [0, 0.1) is 0 Å². The number of rotatable bonds is 10. The molecule has 0 heterocycles. The lowest BCUT2D eigenvalue weighted by atomic mass is 10.3. The first kappa shape index (κ1) is 15.2. The molecule has 1 aromatic rings. The Labute approximate surface area is 112 Å². The molecule has 0 aromatic heterocycles. The van der Waals surface area contributed by atoms with E-state index in [9.17, 15) is 0 Å². The first-order valence-corrected chi connectivity index (χ1v) is 8.29. The topological polar surface area (TPSA) is 30.5 Å². The molecule has 1 rings (SSSR count). The zero-order valence-corrected chi connectivity index (χ0v) is 12.4. The van der Waals surface area contributed by atoms with Crippen LogP contribution < -0.4 is 5.32 Å². The van der Waals surface area contributed by atoms with Gasteiger partial charge in [0.1, 0.15) is 0 Å². The van der Waals surface area contributed by atoms with Gasteiger partial charge in [0.15, 0.2) is 0 Å². The summed E-state index contributed by atoms with van der Waals surface area (Å²) in [6.07, 6.45) is 2.32. The Bertz CT molecular complexity index is 289. The summed E-state index contributed by atoms with van der Waals surface area (Å²) in [6.45, 7) is 6.59. The van der Waals surface area contributed by atoms with Gasteiger partial charge in [-0.3, -0.25) is 0 Å². The fraction of sp³-hybridized carbons (Fsp3) is 0.571. The predicted molar refractivity (Wildman–Crippen MR) is 78.0 cm³/mol. The van der Waals surface area contributed by atoms with Gasteiger partial charge >= 0.3 is 9.28 Å². The molecule has 0 aliphatic rings. The van der Waals surface area contributed by atoms with E-state index in [0.29, 0.717) is 0 Å². The maximum absolute atomic E-state index is 5.61. The molecule has 1 N–H and O–H groups in total. The molecule has 0 fully saturated rings. The highest BCUT2D eigenvalue weighted by atomic mass is 28.3. The van der Waals surface area contributed by atoms with Crippen molar-refractivity contribution in [1.29, 1.82) is 0 Å². The van der Waals surface area contributed by atoms with Crippen molar-refractivity contribution in [2.24, 2.45) is 0 Å². The number of nitrogens with one attached hydrogen (secondary N) is 1. The summed E-state index contributed by atoms with van der Waals surface area (Å²) >= 11 is 0. The van der Waals surface area contributed by atoms with Crippen molar-refractivity contribution < 1.29 is 8.85 Å². The third-order valence-corrected chi connectivity index (χ3v) is 4.50. The Hall–Kier alpha value is -0.843. The van der Waals surface area contributed by atoms with E-state index in [1.54, 1.807) is 0 Å². The van der Waals surface area contributed by atoms with Crippen LogP contribution in [0.4, 0.5) is 5.69 Å². The van der Waals surface area contributed by atoms with Gasteiger partial charge in [0.05, 0.1) is 0 Å². The number of unbranched alkanes of at least 4 members (excludes halogenated alkanes) is 1. The van der Waals surface area contributed by atoms with Gasteiger partial charge in [0, 0.05) is 25.4 Å². The number of para-hydroxylation sites is 1. The van der Waals surface area contributed by atoms with Crippen LogP contribution in [-0.4, -0.2) is 29.0 Å². The summed E-state index contributed by atoms with van der Waals surface area (Å²) in [5.74, 6) is 0. The average Bonchev–Trinajstić information content (AvgIpc) is 2.40. The van der Waals surface area contributed by atoms with E-state index in [-0.39, 0.29) is 0 Å². The zero-order chi connectivity index (χ0) is 13.1. The van der Waals surface area contributed by atoms with E-state index in [0.717, 1.165) is 38.6 Å². The van der Waals surface area contributed by atoms with Crippen molar-refractivity contribution in [1.82, 2.24) is 0 Å². The third-order valence-electron chi connectivity index (χ3n) is 2.52. The highest BCUT2D eigenvalue weighted by Crippen LogP contribution is 2.08. The molecule has 18 heavy (non-hydrogen) atoms. The van der Waals surface area contributed by atoms with Crippen LogP contribution in [0.5, 0.6) is 0 Å². The minimum atomic E-state index is -1.02. The monoisotopic (exact) mass is 266 g/mol. The molecule has 0 saturated carbocycles. The summed E-state index contributed by atoms with van der Waals surface area (Å²) in [6, 6.07) is 11.4. The lowest BCUT2D eigenvalue weighted by Crippen LogP contribution is -2.22. The second-order valence-electron chi connectivity index (χ2n) is 3.99. The number of hydrogen-bond donors (Lipinski definition) is 1. The summed E-state index contributed by atoms with van der Waals surface area (Å²) < 4.78 is 11.2. The van der Waals surface area contributed by atoms with Crippen molar-refractivity contribution in [3.05, 3.63) is 30.3 Å². The maximum atomic E-state index is 5.61.